The van der Waals surface area contributed by atoms with E-state index in [4.69, 9.17) is 9.41 Å². The summed E-state index contributed by atoms with van der Waals surface area (Å²) in [5, 5.41) is 12.3. The summed E-state index contributed by atoms with van der Waals surface area (Å²) in [6.07, 6.45) is -0.340. The third kappa shape index (κ3) is 3.94. The number of para-hydroxylation sites is 3. The van der Waals surface area contributed by atoms with Crippen molar-refractivity contribution in [1.82, 2.24) is 4.57 Å². The van der Waals surface area contributed by atoms with E-state index in [1.54, 1.807) is 11.3 Å². The highest BCUT2D eigenvalue weighted by atomic mass is 32.1. The van der Waals surface area contributed by atoms with Crippen LogP contribution in [0.5, 0.6) is 0 Å². The molecule has 49 heavy (non-hydrogen) atoms. The maximum absolute atomic E-state index is 6.43. The molecule has 0 radical (unpaired) electrons. The maximum atomic E-state index is 6.43. The zero-order valence-electron chi connectivity index (χ0n) is 26.2. The molecule has 0 aliphatic carbocycles. The van der Waals surface area contributed by atoms with E-state index in [0.29, 0.717) is 0 Å². The molecule has 0 fully saturated rings. The Labute approximate surface area is 285 Å². The van der Waals surface area contributed by atoms with Crippen molar-refractivity contribution in [3.63, 3.8) is 0 Å². The number of hydrogen-bond donors (Lipinski definition) is 1. The lowest BCUT2D eigenvalue weighted by atomic mass is 10.0. The summed E-state index contributed by atoms with van der Waals surface area (Å²) >= 11 is 1.80. The van der Waals surface area contributed by atoms with Gasteiger partial charge in [-0.2, -0.15) is 0 Å². The quantitative estimate of drug-likeness (QED) is 0.208. The fourth-order valence-corrected chi connectivity index (χ4v) is 8.99. The van der Waals surface area contributed by atoms with Crippen molar-refractivity contribution in [1.29, 1.82) is 0 Å². The number of rotatable bonds is 3. The minimum Gasteiger partial charge on any atom is -0.455 e. The molecular formula is C44H27N3OS. The predicted molar refractivity (Wildman–Crippen MR) is 206 cm³/mol. The lowest BCUT2D eigenvalue weighted by molar-refractivity contribution is 0.626. The summed E-state index contributed by atoms with van der Waals surface area (Å²) in [4.78, 5) is 6.68. The molecule has 0 saturated carbocycles. The summed E-state index contributed by atoms with van der Waals surface area (Å²) in [5.41, 5.74) is 9.64. The summed E-state index contributed by atoms with van der Waals surface area (Å²) < 4.78 is 10.0. The molecule has 230 valence electrons. The highest BCUT2D eigenvalue weighted by Crippen LogP contribution is 2.46. The van der Waals surface area contributed by atoms with Crippen LogP contribution in [0.15, 0.2) is 161 Å². The van der Waals surface area contributed by atoms with E-state index in [1.165, 1.54) is 31.6 Å². The van der Waals surface area contributed by atoms with Crippen LogP contribution in [0.3, 0.4) is 0 Å². The van der Waals surface area contributed by atoms with Gasteiger partial charge in [-0.1, -0.05) is 121 Å². The van der Waals surface area contributed by atoms with E-state index in [2.05, 4.69) is 149 Å². The van der Waals surface area contributed by atoms with Gasteiger partial charge >= 0.3 is 0 Å². The number of benzene rings is 7. The number of thiophene rings is 1. The molecule has 4 heterocycles. The Bertz CT molecular complexity index is 2980. The second kappa shape index (κ2) is 10.2. The molecule has 11 rings (SSSR count). The summed E-state index contributed by atoms with van der Waals surface area (Å²) in [6, 6.07) is 54.1. The van der Waals surface area contributed by atoms with E-state index in [1.807, 2.05) is 12.1 Å². The second-order valence-electron chi connectivity index (χ2n) is 12.8. The van der Waals surface area contributed by atoms with Crippen LogP contribution in [0, 0.1) is 0 Å². The average Bonchev–Trinajstić information content (AvgIpc) is 3.83. The van der Waals surface area contributed by atoms with Crippen LogP contribution in [0.2, 0.25) is 0 Å². The van der Waals surface area contributed by atoms with Crippen LogP contribution in [0.25, 0.3) is 75.7 Å². The summed E-state index contributed by atoms with van der Waals surface area (Å²) in [5.74, 6) is 0. The van der Waals surface area contributed by atoms with Crippen LogP contribution >= 0.6 is 11.3 Å². The van der Waals surface area contributed by atoms with Gasteiger partial charge in [0, 0.05) is 42.8 Å². The molecule has 0 bridgehead atoms. The van der Waals surface area contributed by atoms with E-state index in [0.717, 1.165) is 65.9 Å². The van der Waals surface area contributed by atoms with Gasteiger partial charge in [0.1, 0.15) is 11.2 Å². The third-order valence-corrected chi connectivity index (χ3v) is 11.2. The van der Waals surface area contributed by atoms with E-state index < -0.39 is 0 Å². The zero-order chi connectivity index (χ0) is 32.1. The Morgan fingerprint density at radius 2 is 1.33 bits per heavy atom. The maximum Gasteiger partial charge on any atom is 0.201 e. The number of aliphatic imine (C=N–C) groups is 1. The van der Waals surface area contributed by atoms with Crippen molar-refractivity contribution in [3.8, 4) is 11.1 Å². The average molecular weight is 646 g/mol. The molecular weight excluding hydrogens is 619 g/mol. The minimum absolute atomic E-state index is 0.340. The van der Waals surface area contributed by atoms with Crippen molar-refractivity contribution < 1.29 is 4.42 Å². The van der Waals surface area contributed by atoms with E-state index in [9.17, 15) is 0 Å². The lowest BCUT2D eigenvalue weighted by Gasteiger charge is -2.26. The number of nitrogens with one attached hydrogen (secondary N) is 1. The van der Waals surface area contributed by atoms with Crippen molar-refractivity contribution >= 4 is 87.3 Å². The molecule has 7 aromatic carbocycles. The molecule has 0 spiro atoms. The second-order valence-corrected chi connectivity index (χ2v) is 13.8. The van der Waals surface area contributed by atoms with E-state index in [-0.39, 0.29) is 6.29 Å². The van der Waals surface area contributed by atoms with Gasteiger partial charge in [-0.25, -0.2) is 4.99 Å². The normalized spacial score (nSPS) is 14.6. The Morgan fingerprint density at radius 3 is 2.22 bits per heavy atom. The molecule has 0 saturated heterocycles. The van der Waals surface area contributed by atoms with Gasteiger partial charge < -0.3 is 14.3 Å². The van der Waals surface area contributed by atoms with Crippen molar-refractivity contribution in [2.45, 2.75) is 6.29 Å². The lowest BCUT2D eigenvalue weighted by Crippen LogP contribution is -2.23. The van der Waals surface area contributed by atoms with Gasteiger partial charge in [0.25, 0.3) is 0 Å². The first-order valence-corrected chi connectivity index (χ1v) is 17.4. The summed E-state index contributed by atoms with van der Waals surface area (Å²) in [7, 11) is 0. The Hall–Kier alpha value is -6.17. The van der Waals surface area contributed by atoms with Crippen LogP contribution in [0.1, 0.15) is 16.7 Å². The van der Waals surface area contributed by atoms with Gasteiger partial charge in [0.15, 0.2) is 0 Å². The number of nitrogens with zero attached hydrogens (tertiary/aromatic N) is 2. The molecule has 1 aliphatic heterocycles. The minimum atomic E-state index is -0.340. The first-order chi connectivity index (χ1) is 24.3. The monoisotopic (exact) mass is 645 g/mol. The highest BCUT2D eigenvalue weighted by Gasteiger charge is 2.29. The predicted octanol–water partition coefficient (Wildman–Crippen LogP) is 12.1. The van der Waals surface area contributed by atoms with Crippen LogP contribution in [0.4, 0.5) is 5.69 Å². The fourth-order valence-electron chi connectivity index (χ4n) is 7.76. The zero-order valence-corrected chi connectivity index (χ0v) is 27.0. The van der Waals surface area contributed by atoms with Crippen LogP contribution in [-0.4, -0.2) is 10.3 Å². The molecule has 4 nitrogen and oxygen atoms in total. The number of anilines is 1. The first-order valence-electron chi connectivity index (χ1n) is 16.6. The third-order valence-electron chi connectivity index (χ3n) is 10.0. The highest BCUT2D eigenvalue weighted by molar-refractivity contribution is 7.22. The Balaban J connectivity index is 1.12. The molecule has 1 unspecified atom stereocenters. The molecule has 1 atom stereocenters. The Kier molecular flexibility index (Phi) is 5.57. The standard InChI is InChI=1S/C44H27N3OS/c1-2-11-26(12-3-1)40-43-41(34-22-21-29(25-39(34)49-43)30-17-10-18-33-32-16-7-9-20-38(32)48-42(30)33)46-44(45-40)47-36-19-8-6-15-31(36)35-23-27-13-4-5-14-28(27)24-37(35)47/h1-25,44,46H. The van der Waals surface area contributed by atoms with Gasteiger partial charge in [0.05, 0.1) is 27.3 Å². The number of furan rings is 1. The fraction of sp³-hybridized carbons (Fsp3) is 0.0227. The number of aromatic nitrogens is 1. The number of hydrogen-bond acceptors (Lipinski definition) is 4. The van der Waals surface area contributed by atoms with Gasteiger partial charge in [-0.05, 0) is 46.7 Å². The van der Waals surface area contributed by atoms with Crippen LogP contribution in [-0.2, 0) is 0 Å². The van der Waals surface area contributed by atoms with Gasteiger partial charge in [0.2, 0.25) is 6.29 Å². The summed E-state index contributed by atoms with van der Waals surface area (Å²) in [6.45, 7) is 0. The van der Waals surface area contributed by atoms with Crippen molar-refractivity contribution in [3.05, 3.63) is 162 Å². The molecule has 1 N–H and O–H groups in total. The first kappa shape index (κ1) is 26.9. The van der Waals surface area contributed by atoms with Gasteiger partial charge in [-0.3, -0.25) is 0 Å². The van der Waals surface area contributed by atoms with E-state index >= 15 is 0 Å². The Morgan fingerprint density at radius 1 is 0.571 bits per heavy atom. The topological polar surface area (TPSA) is 42.5 Å². The largest absolute Gasteiger partial charge is 0.455 e. The van der Waals surface area contributed by atoms with Crippen molar-refractivity contribution in [2.75, 3.05) is 5.32 Å². The smallest absolute Gasteiger partial charge is 0.201 e. The molecule has 1 aliphatic rings. The molecule has 3 aromatic heterocycles. The SMILES string of the molecule is c1ccc(C2=NC(n3c4ccccc4c4cc5ccccc5cc43)Nc3c2sc2cc(-c4cccc5c4oc4ccccc45)ccc32)cc1. The number of fused-ring (bicyclic) bond motifs is 10. The molecule has 5 heteroatoms. The van der Waals surface area contributed by atoms with Crippen molar-refractivity contribution in [2.24, 2.45) is 4.99 Å². The van der Waals surface area contributed by atoms with Crippen LogP contribution < -0.4 is 5.32 Å². The molecule has 0 amide bonds. The van der Waals surface area contributed by atoms with Gasteiger partial charge in [-0.15, -0.1) is 11.3 Å². The molecule has 10 aromatic rings.